The van der Waals surface area contributed by atoms with Gasteiger partial charge in [0.2, 0.25) is 0 Å². The lowest BCUT2D eigenvalue weighted by Crippen LogP contribution is -2.29. The van der Waals surface area contributed by atoms with Crippen molar-refractivity contribution in [2.75, 3.05) is 0 Å². The minimum Gasteiger partial charge on any atom is -0.303 e. The summed E-state index contributed by atoms with van der Waals surface area (Å²) >= 11 is 6.08. The number of rotatable bonds is 1. The van der Waals surface area contributed by atoms with E-state index in [1.54, 1.807) is 0 Å². The summed E-state index contributed by atoms with van der Waals surface area (Å²) in [5.41, 5.74) is 10.5. The van der Waals surface area contributed by atoms with E-state index in [9.17, 15) is 4.79 Å². The summed E-state index contributed by atoms with van der Waals surface area (Å²) in [6.07, 6.45) is -0.512. The number of ketones is 1. The van der Waals surface area contributed by atoms with Crippen LogP contribution in [0, 0.1) is 6.92 Å². The van der Waals surface area contributed by atoms with Crippen LogP contribution in [0.3, 0.4) is 0 Å². The SMILES string of the molecule is Cc1cccc2c1CC(=O)[C@@H](N)N=C2c1cccc(Cl)c1. The molecular formula is C17H15ClN2O. The van der Waals surface area contributed by atoms with Crippen LogP contribution in [-0.4, -0.2) is 17.7 Å². The molecule has 2 aromatic rings. The Bertz CT molecular complexity index is 752. The number of Topliss-reactive ketones (excluding diaryl/α,β-unsaturated/α-hetero) is 1. The second-order valence-corrected chi connectivity index (χ2v) is 5.61. The third-order valence-electron chi connectivity index (χ3n) is 3.71. The van der Waals surface area contributed by atoms with Gasteiger partial charge in [-0.1, -0.05) is 41.9 Å². The maximum Gasteiger partial charge on any atom is 0.175 e. The highest BCUT2D eigenvalue weighted by molar-refractivity contribution is 6.31. The predicted octanol–water partition coefficient (Wildman–Crippen LogP) is 2.90. The Labute approximate surface area is 128 Å². The van der Waals surface area contributed by atoms with E-state index in [-0.39, 0.29) is 5.78 Å². The molecule has 1 heterocycles. The molecule has 0 aromatic heterocycles. The summed E-state index contributed by atoms with van der Waals surface area (Å²) in [7, 11) is 0. The average molecular weight is 299 g/mol. The first-order valence-corrected chi connectivity index (χ1v) is 7.15. The van der Waals surface area contributed by atoms with Crippen molar-refractivity contribution in [3.63, 3.8) is 0 Å². The Morgan fingerprint density at radius 1 is 1.24 bits per heavy atom. The van der Waals surface area contributed by atoms with Crippen LogP contribution in [-0.2, 0) is 11.2 Å². The third-order valence-corrected chi connectivity index (χ3v) is 3.95. The Hall–Kier alpha value is -1.97. The molecule has 2 aromatic carbocycles. The highest BCUT2D eigenvalue weighted by Crippen LogP contribution is 2.24. The van der Waals surface area contributed by atoms with E-state index in [1.165, 1.54) is 0 Å². The molecule has 0 unspecified atom stereocenters. The fraction of sp³-hybridized carbons (Fsp3) is 0.176. The number of benzene rings is 2. The van der Waals surface area contributed by atoms with Crippen molar-refractivity contribution in [3.05, 3.63) is 69.7 Å². The van der Waals surface area contributed by atoms with Gasteiger partial charge in [0.1, 0.15) is 0 Å². The molecule has 0 fully saturated rings. The number of aliphatic imine (C=N–C) groups is 1. The number of nitrogens with zero attached hydrogens (tertiary/aromatic N) is 1. The molecule has 1 aliphatic rings. The number of hydrogen-bond acceptors (Lipinski definition) is 3. The van der Waals surface area contributed by atoms with Crippen molar-refractivity contribution in [1.82, 2.24) is 0 Å². The summed E-state index contributed by atoms with van der Waals surface area (Å²) < 4.78 is 0. The van der Waals surface area contributed by atoms with Crippen LogP contribution in [0.2, 0.25) is 5.02 Å². The quantitative estimate of drug-likeness (QED) is 0.880. The Morgan fingerprint density at radius 2 is 2.00 bits per heavy atom. The van der Waals surface area contributed by atoms with Crippen LogP contribution in [0.1, 0.15) is 22.3 Å². The molecule has 1 atom stereocenters. The number of aryl methyl sites for hydroxylation is 1. The van der Waals surface area contributed by atoms with Crippen LogP contribution in [0.4, 0.5) is 0 Å². The number of fused-ring (bicyclic) bond motifs is 1. The lowest BCUT2D eigenvalue weighted by molar-refractivity contribution is -0.119. The monoisotopic (exact) mass is 298 g/mol. The van der Waals surface area contributed by atoms with Crippen molar-refractivity contribution in [3.8, 4) is 0 Å². The number of halogens is 1. The highest BCUT2D eigenvalue weighted by Gasteiger charge is 2.24. The lowest BCUT2D eigenvalue weighted by Gasteiger charge is -2.12. The molecule has 3 nitrogen and oxygen atoms in total. The molecular weight excluding hydrogens is 284 g/mol. The van der Waals surface area contributed by atoms with Gasteiger partial charge in [-0.3, -0.25) is 9.79 Å². The van der Waals surface area contributed by atoms with E-state index in [2.05, 4.69) is 4.99 Å². The predicted molar refractivity (Wildman–Crippen MR) is 85.0 cm³/mol. The highest BCUT2D eigenvalue weighted by atomic mass is 35.5. The van der Waals surface area contributed by atoms with Gasteiger partial charge in [0.25, 0.3) is 0 Å². The second kappa shape index (κ2) is 5.43. The van der Waals surface area contributed by atoms with Gasteiger partial charge in [0, 0.05) is 22.6 Å². The smallest absolute Gasteiger partial charge is 0.175 e. The number of nitrogens with two attached hydrogens (primary N) is 1. The maximum absolute atomic E-state index is 12.1. The molecule has 21 heavy (non-hydrogen) atoms. The van der Waals surface area contributed by atoms with Crippen LogP contribution in [0.15, 0.2) is 47.5 Å². The molecule has 0 bridgehead atoms. The normalized spacial score (nSPS) is 18.0. The fourth-order valence-electron chi connectivity index (χ4n) is 2.58. The Kier molecular flexibility index (Phi) is 3.62. The Balaban J connectivity index is 2.25. The van der Waals surface area contributed by atoms with Gasteiger partial charge in [-0.05, 0) is 30.2 Å². The van der Waals surface area contributed by atoms with Crippen molar-refractivity contribution in [2.45, 2.75) is 19.5 Å². The van der Waals surface area contributed by atoms with E-state index in [1.807, 2.05) is 49.4 Å². The molecule has 1 aliphatic heterocycles. The minimum atomic E-state index is -0.828. The van der Waals surface area contributed by atoms with E-state index in [0.717, 1.165) is 28.0 Å². The molecule has 0 radical (unpaired) electrons. The van der Waals surface area contributed by atoms with E-state index in [0.29, 0.717) is 11.4 Å². The van der Waals surface area contributed by atoms with Crippen molar-refractivity contribution < 1.29 is 4.79 Å². The first kappa shape index (κ1) is 14.0. The van der Waals surface area contributed by atoms with Crippen LogP contribution in [0.5, 0.6) is 0 Å². The van der Waals surface area contributed by atoms with E-state index < -0.39 is 6.17 Å². The summed E-state index contributed by atoms with van der Waals surface area (Å²) in [6.45, 7) is 2.00. The standard InChI is InChI=1S/C17H15ClN2O/c1-10-4-2-7-13-14(10)9-15(21)17(19)20-16(13)11-5-3-6-12(18)8-11/h2-8,17H,9,19H2,1H3/t17-/m0/s1. The topological polar surface area (TPSA) is 55.5 Å². The molecule has 4 heteroatoms. The second-order valence-electron chi connectivity index (χ2n) is 5.18. The number of carbonyl (C=O) groups excluding carboxylic acids is 1. The van der Waals surface area contributed by atoms with Gasteiger partial charge in [-0.25, -0.2) is 0 Å². The van der Waals surface area contributed by atoms with Gasteiger partial charge >= 0.3 is 0 Å². The van der Waals surface area contributed by atoms with Gasteiger partial charge in [-0.15, -0.1) is 0 Å². The number of hydrogen-bond donors (Lipinski definition) is 1. The first-order chi connectivity index (χ1) is 10.1. The molecule has 0 spiro atoms. The van der Waals surface area contributed by atoms with Crippen molar-refractivity contribution in [1.29, 1.82) is 0 Å². The molecule has 0 amide bonds. The summed E-state index contributed by atoms with van der Waals surface area (Å²) in [5, 5.41) is 0.633. The Morgan fingerprint density at radius 3 is 2.76 bits per heavy atom. The minimum absolute atomic E-state index is 0.0671. The zero-order valence-corrected chi connectivity index (χ0v) is 12.4. The molecule has 0 aliphatic carbocycles. The van der Waals surface area contributed by atoms with Crippen molar-refractivity contribution >= 4 is 23.1 Å². The molecule has 2 N–H and O–H groups in total. The van der Waals surface area contributed by atoms with Gasteiger partial charge in [0.15, 0.2) is 11.9 Å². The maximum atomic E-state index is 12.1. The van der Waals surface area contributed by atoms with Crippen LogP contribution >= 0.6 is 11.6 Å². The first-order valence-electron chi connectivity index (χ1n) is 6.77. The fourth-order valence-corrected chi connectivity index (χ4v) is 2.77. The van der Waals surface area contributed by atoms with E-state index >= 15 is 0 Å². The van der Waals surface area contributed by atoms with Crippen LogP contribution < -0.4 is 5.73 Å². The zero-order chi connectivity index (χ0) is 15.0. The van der Waals surface area contributed by atoms with E-state index in [4.69, 9.17) is 17.3 Å². The largest absolute Gasteiger partial charge is 0.303 e. The van der Waals surface area contributed by atoms with Gasteiger partial charge < -0.3 is 5.73 Å². The number of carbonyl (C=O) groups is 1. The lowest BCUT2D eigenvalue weighted by atomic mass is 9.92. The zero-order valence-electron chi connectivity index (χ0n) is 11.6. The van der Waals surface area contributed by atoms with Gasteiger partial charge in [-0.2, -0.15) is 0 Å². The molecule has 0 saturated carbocycles. The molecule has 106 valence electrons. The van der Waals surface area contributed by atoms with Crippen molar-refractivity contribution in [2.24, 2.45) is 10.7 Å². The summed E-state index contributed by atoms with van der Waals surface area (Å²) in [5.74, 6) is -0.0671. The van der Waals surface area contributed by atoms with Gasteiger partial charge in [0.05, 0.1) is 5.71 Å². The molecule has 3 rings (SSSR count). The third kappa shape index (κ3) is 2.62. The molecule has 0 saturated heterocycles. The van der Waals surface area contributed by atoms with Crippen LogP contribution in [0.25, 0.3) is 0 Å². The average Bonchev–Trinajstić information content (AvgIpc) is 2.58. The summed E-state index contributed by atoms with van der Waals surface area (Å²) in [4.78, 5) is 16.6. The summed E-state index contributed by atoms with van der Waals surface area (Å²) in [6, 6.07) is 13.4.